The van der Waals surface area contributed by atoms with Gasteiger partial charge in [0.05, 0.1) is 10.6 Å². The quantitative estimate of drug-likeness (QED) is 0.382. The standard InChI is InChI=1S/C13H22N2O4S/c1-10(2)9-19-7-3-6-15-20(17,18)11-4-5-13(16)12(14)8-11/h4-5,8,10,15-16H,3,6-7,9,14H2,1-2H3. The third-order valence-electron chi connectivity index (χ3n) is 2.52. The zero-order chi connectivity index (χ0) is 15.2. The minimum atomic E-state index is -3.60. The molecule has 0 atom stereocenters. The molecule has 1 aromatic carbocycles. The Morgan fingerprint density at radius 1 is 1.40 bits per heavy atom. The Morgan fingerprint density at radius 3 is 2.70 bits per heavy atom. The van der Waals surface area contributed by atoms with Crippen LogP contribution in [0.1, 0.15) is 20.3 Å². The number of hydrogen-bond donors (Lipinski definition) is 3. The van der Waals surface area contributed by atoms with E-state index in [1.165, 1.54) is 18.2 Å². The second-order valence-electron chi connectivity index (χ2n) is 4.94. The maximum atomic E-state index is 11.9. The van der Waals surface area contributed by atoms with Gasteiger partial charge < -0.3 is 15.6 Å². The van der Waals surface area contributed by atoms with E-state index in [1.807, 2.05) is 0 Å². The molecule has 20 heavy (non-hydrogen) atoms. The van der Waals surface area contributed by atoms with Crippen molar-refractivity contribution >= 4 is 15.7 Å². The summed E-state index contributed by atoms with van der Waals surface area (Å²) >= 11 is 0. The van der Waals surface area contributed by atoms with Crippen molar-refractivity contribution in [3.05, 3.63) is 18.2 Å². The minimum absolute atomic E-state index is 0.0353. The summed E-state index contributed by atoms with van der Waals surface area (Å²) in [4.78, 5) is 0.0379. The van der Waals surface area contributed by atoms with Gasteiger partial charge in [0.25, 0.3) is 0 Å². The second kappa shape index (κ2) is 7.47. The average Bonchev–Trinajstić information content (AvgIpc) is 2.36. The van der Waals surface area contributed by atoms with Gasteiger partial charge in [0, 0.05) is 19.8 Å². The maximum absolute atomic E-state index is 11.9. The maximum Gasteiger partial charge on any atom is 0.240 e. The molecule has 0 saturated carbocycles. The van der Waals surface area contributed by atoms with E-state index in [0.29, 0.717) is 32.1 Å². The highest BCUT2D eigenvalue weighted by Crippen LogP contribution is 2.22. The molecular weight excluding hydrogens is 280 g/mol. The molecule has 0 heterocycles. The lowest BCUT2D eigenvalue weighted by atomic mass is 10.2. The van der Waals surface area contributed by atoms with E-state index < -0.39 is 10.0 Å². The molecule has 0 aliphatic rings. The Kier molecular flexibility index (Phi) is 6.25. The number of hydrogen-bond acceptors (Lipinski definition) is 5. The van der Waals surface area contributed by atoms with E-state index >= 15 is 0 Å². The van der Waals surface area contributed by atoms with Crippen molar-refractivity contribution in [1.82, 2.24) is 4.72 Å². The molecule has 1 aromatic rings. The lowest BCUT2D eigenvalue weighted by molar-refractivity contribution is 0.108. The molecule has 6 nitrogen and oxygen atoms in total. The molecule has 0 radical (unpaired) electrons. The predicted molar refractivity (Wildman–Crippen MR) is 78.0 cm³/mol. The van der Waals surface area contributed by atoms with Gasteiger partial charge in [0.1, 0.15) is 5.75 Å². The Labute approximate surface area is 120 Å². The van der Waals surface area contributed by atoms with Crippen molar-refractivity contribution in [1.29, 1.82) is 0 Å². The van der Waals surface area contributed by atoms with Crippen molar-refractivity contribution < 1.29 is 18.3 Å². The van der Waals surface area contributed by atoms with Gasteiger partial charge in [0.2, 0.25) is 10.0 Å². The first-order valence-electron chi connectivity index (χ1n) is 6.49. The van der Waals surface area contributed by atoms with Gasteiger partial charge in [-0.15, -0.1) is 0 Å². The molecule has 0 unspecified atom stereocenters. The summed E-state index contributed by atoms with van der Waals surface area (Å²) in [5, 5.41) is 9.27. The van der Waals surface area contributed by atoms with E-state index in [2.05, 4.69) is 18.6 Å². The van der Waals surface area contributed by atoms with E-state index in [-0.39, 0.29) is 16.3 Å². The summed E-state index contributed by atoms with van der Waals surface area (Å²) < 4.78 is 31.7. The molecule has 1 rings (SSSR count). The van der Waals surface area contributed by atoms with Gasteiger partial charge in [-0.05, 0) is 30.5 Å². The summed E-state index contributed by atoms with van der Waals surface area (Å²) in [7, 11) is -3.60. The van der Waals surface area contributed by atoms with Crippen LogP contribution in [0.5, 0.6) is 5.75 Å². The summed E-state index contributed by atoms with van der Waals surface area (Å²) in [6, 6.07) is 3.80. The third kappa shape index (κ3) is 5.36. The van der Waals surface area contributed by atoms with Gasteiger partial charge in [-0.2, -0.15) is 0 Å². The Bertz CT molecular complexity index is 529. The summed E-state index contributed by atoms with van der Waals surface area (Å²) in [5.74, 6) is 0.331. The van der Waals surface area contributed by atoms with Crippen molar-refractivity contribution in [2.75, 3.05) is 25.5 Å². The molecule has 0 bridgehead atoms. The molecule has 0 amide bonds. The lowest BCUT2D eigenvalue weighted by Gasteiger charge is -2.09. The van der Waals surface area contributed by atoms with Crippen LogP contribution in [0.4, 0.5) is 5.69 Å². The number of benzene rings is 1. The molecule has 114 valence electrons. The SMILES string of the molecule is CC(C)COCCCNS(=O)(=O)c1ccc(O)c(N)c1. The topological polar surface area (TPSA) is 102 Å². The van der Waals surface area contributed by atoms with Crippen LogP contribution in [0.25, 0.3) is 0 Å². The predicted octanol–water partition coefficient (Wildman–Crippen LogP) is 1.32. The molecule has 0 aromatic heterocycles. The van der Waals surface area contributed by atoms with Gasteiger partial charge in [0.15, 0.2) is 0 Å². The second-order valence-corrected chi connectivity index (χ2v) is 6.71. The van der Waals surface area contributed by atoms with Gasteiger partial charge in [-0.25, -0.2) is 13.1 Å². The number of rotatable bonds is 8. The first-order valence-corrected chi connectivity index (χ1v) is 7.97. The highest BCUT2D eigenvalue weighted by Gasteiger charge is 2.14. The van der Waals surface area contributed by atoms with Crippen LogP contribution in [0.2, 0.25) is 0 Å². The highest BCUT2D eigenvalue weighted by molar-refractivity contribution is 7.89. The fourth-order valence-electron chi connectivity index (χ4n) is 1.48. The number of phenolic OH excluding ortho intramolecular Hbond substituents is 1. The number of ether oxygens (including phenoxy) is 1. The highest BCUT2D eigenvalue weighted by atomic mass is 32.2. The van der Waals surface area contributed by atoms with Crippen LogP contribution in [-0.2, 0) is 14.8 Å². The summed E-state index contributed by atoms with van der Waals surface area (Å²) in [5.41, 5.74) is 5.51. The molecule has 4 N–H and O–H groups in total. The minimum Gasteiger partial charge on any atom is -0.506 e. The van der Waals surface area contributed by atoms with Crippen LogP contribution in [0, 0.1) is 5.92 Å². The Morgan fingerprint density at radius 2 is 2.10 bits per heavy atom. The lowest BCUT2D eigenvalue weighted by Crippen LogP contribution is -2.25. The van der Waals surface area contributed by atoms with Crippen LogP contribution in [-0.4, -0.2) is 33.3 Å². The summed E-state index contributed by atoms with van der Waals surface area (Å²) in [6.45, 7) is 5.58. The van der Waals surface area contributed by atoms with Gasteiger partial charge >= 0.3 is 0 Å². The van der Waals surface area contributed by atoms with Crippen LogP contribution in [0.3, 0.4) is 0 Å². The molecule has 0 aliphatic heterocycles. The van der Waals surface area contributed by atoms with E-state index in [9.17, 15) is 13.5 Å². The molecule has 0 saturated heterocycles. The van der Waals surface area contributed by atoms with Crippen LogP contribution >= 0.6 is 0 Å². The zero-order valence-corrected chi connectivity index (χ0v) is 12.6. The first kappa shape index (κ1) is 16.7. The van der Waals surface area contributed by atoms with Crippen LogP contribution in [0.15, 0.2) is 23.1 Å². The number of nitrogen functional groups attached to an aromatic ring is 1. The number of nitrogens with one attached hydrogen (secondary N) is 1. The van der Waals surface area contributed by atoms with Crippen LogP contribution < -0.4 is 10.5 Å². The number of aromatic hydroxyl groups is 1. The normalized spacial score (nSPS) is 11.9. The molecule has 0 fully saturated rings. The van der Waals surface area contributed by atoms with Crippen molar-refractivity contribution in [2.45, 2.75) is 25.2 Å². The van der Waals surface area contributed by atoms with Gasteiger partial charge in [-0.3, -0.25) is 0 Å². The van der Waals surface area contributed by atoms with E-state index in [4.69, 9.17) is 10.5 Å². The first-order chi connectivity index (χ1) is 9.33. The average molecular weight is 302 g/mol. The monoisotopic (exact) mass is 302 g/mol. The number of phenols is 1. The molecular formula is C13H22N2O4S. The zero-order valence-electron chi connectivity index (χ0n) is 11.8. The number of anilines is 1. The molecule has 0 spiro atoms. The molecule has 7 heteroatoms. The fourth-order valence-corrected chi connectivity index (χ4v) is 2.59. The molecule has 0 aliphatic carbocycles. The Hall–Kier alpha value is -1.31. The third-order valence-corrected chi connectivity index (χ3v) is 3.98. The van der Waals surface area contributed by atoms with Crippen molar-refractivity contribution in [3.8, 4) is 5.75 Å². The Balaban J connectivity index is 2.43. The van der Waals surface area contributed by atoms with E-state index in [1.54, 1.807) is 0 Å². The van der Waals surface area contributed by atoms with E-state index in [0.717, 1.165) is 0 Å². The van der Waals surface area contributed by atoms with Gasteiger partial charge in [-0.1, -0.05) is 13.8 Å². The van der Waals surface area contributed by atoms with Crippen molar-refractivity contribution in [3.63, 3.8) is 0 Å². The smallest absolute Gasteiger partial charge is 0.240 e. The largest absolute Gasteiger partial charge is 0.506 e. The number of nitrogens with two attached hydrogens (primary N) is 1. The number of sulfonamides is 1. The van der Waals surface area contributed by atoms with Crippen molar-refractivity contribution in [2.24, 2.45) is 5.92 Å². The summed E-state index contributed by atoms with van der Waals surface area (Å²) in [6.07, 6.45) is 0.597. The fraction of sp³-hybridized carbons (Fsp3) is 0.538.